The molecule has 3 N–H and O–H groups in total. The Labute approximate surface area is 157 Å². The third kappa shape index (κ3) is 2.58. The quantitative estimate of drug-likeness (QED) is 0.495. The number of carbonyl (C=O) groups is 1. The second-order valence-corrected chi connectivity index (χ2v) is 6.35. The number of pyridine rings is 2. The fourth-order valence-corrected chi connectivity index (χ4v) is 3.22. The van der Waals surface area contributed by atoms with Crippen molar-refractivity contribution in [3.05, 3.63) is 69.5 Å². The van der Waals surface area contributed by atoms with E-state index in [0.717, 1.165) is 4.57 Å². The standard InChI is InChI=1S/C18H16N6O4/c1-22-14-9-20-5-4-11(14)16(25)24(18(22)28)13-3-2-10(8-12(19)17(26)27)23-7-6-21-15(13)23/h2-7,9,12H,8,19H2,1H3,(H,26,27). The molecule has 0 radical (unpaired) electrons. The zero-order chi connectivity index (χ0) is 20.0. The number of nitrogens with two attached hydrogens (primary N) is 1. The SMILES string of the molecule is Cn1c(=O)n(-c2ccc(CC(N)C(=O)O)n3ccnc23)c(=O)c2ccncc21. The summed E-state index contributed by atoms with van der Waals surface area (Å²) in [5.41, 5.74) is 6.29. The molecular formula is C18H16N6O4. The number of fused-ring (bicyclic) bond motifs is 2. The van der Waals surface area contributed by atoms with Crippen LogP contribution in [0.2, 0.25) is 0 Å². The zero-order valence-corrected chi connectivity index (χ0v) is 14.8. The number of hydrogen-bond donors (Lipinski definition) is 2. The number of aliphatic carboxylic acids is 1. The van der Waals surface area contributed by atoms with Gasteiger partial charge in [0.1, 0.15) is 6.04 Å². The molecule has 0 amide bonds. The summed E-state index contributed by atoms with van der Waals surface area (Å²) in [4.78, 5) is 45.2. The van der Waals surface area contributed by atoms with Crippen LogP contribution in [0.5, 0.6) is 0 Å². The van der Waals surface area contributed by atoms with E-state index in [0.29, 0.717) is 27.9 Å². The van der Waals surface area contributed by atoms with Crippen LogP contribution in [0, 0.1) is 0 Å². The number of aromatic nitrogens is 5. The number of rotatable bonds is 4. The number of carboxylic acid groups (broad SMARTS) is 1. The van der Waals surface area contributed by atoms with Crippen LogP contribution in [0.1, 0.15) is 5.69 Å². The summed E-state index contributed by atoms with van der Waals surface area (Å²) in [5.74, 6) is -1.12. The van der Waals surface area contributed by atoms with E-state index in [4.69, 9.17) is 10.8 Å². The van der Waals surface area contributed by atoms with E-state index >= 15 is 0 Å². The van der Waals surface area contributed by atoms with Crippen molar-refractivity contribution in [1.29, 1.82) is 0 Å². The summed E-state index contributed by atoms with van der Waals surface area (Å²) in [7, 11) is 1.56. The highest BCUT2D eigenvalue weighted by atomic mass is 16.4. The predicted molar refractivity (Wildman–Crippen MR) is 101 cm³/mol. The van der Waals surface area contributed by atoms with E-state index in [1.165, 1.54) is 23.2 Å². The summed E-state index contributed by atoms with van der Waals surface area (Å²) in [5, 5.41) is 9.40. The smallest absolute Gasteiger partial charge is 0.336 e. The maximum absolute atomic E-state index is 13.0. The van der Waals surface area contributed by atoms with Gasteiger partial charge in [0.05, 0.1) is 22.8 Å². The average Bonchev–Trinajstić information content (AvgIpc) is 3.18. The van der Waals surface area contributed by atoms with E-state index < -0.39 is 23.3 Å². The molecular weight excluding hydrogens is 364 g/mol. The molecule has 4 rings (SSSR count). The number of aryl methyl sites for hydroxylation is 1. The van der Waals surface area contributed by atoms with E-state index in [1.54, 1.807) is 35.8 Å². The number of carboxylic acids is 1. The molecule has 0 aliphatic carbocycles. The second kappa shape index (κ2) is 6.43. The Morgan fingerprint density at radius 1 is 1.25 bits per heavy atom. The van der Waals surface area contributed by atoms with Gasteiger partial charge in [-0.1, -0.05) is 0 Å². The lowest BCUT2D eigenvalue weighted by Crippen LogP contribution is -2.38. The Balaban J connectivity index is 2.00. The van der Waals surface area contributed by atoms with Crippen molar-refractivity contribution in [2.24, 2.45) is 12.8 Å². The van der Waals surface area contributed by atoms with Crippen LogP contribution in [-0.2, 0) is 18.3 Å². The largest absolute Gasteiger partial charge is 0.480 e. The molecule has 142 valence electrons. The van der Waals surface area contributed by atoms with Gasteiger partial charge in [-0.2, -0.15) is 0 Å². The highest BCUT2D eigenvalue weighted by Gasteiger charge is 2.19. The molecule has 0 saturated carbocycles. The van der Waals surface area contributed by atoms with Crippen molar-refractivity contribution in [3.63, 3.8) is 0 Å². The van der Waals surface area contributed by atoms with E-state index in [-0.39, 0.29) is 6.42 Å². The summed E-state index contributed by atoms with van der Waals surface area (Å²) in [6.07, 6.45) is 6.15. The van der Waals surface area contributed by atoms with Crippen LogP contribution >= 0.6 is 0 Å². The minimum absolute atomic E-state index is 0.0682. The molecule has 0 aromatic carbocycles. The van der Waals surface area contributed by atoms with E-state index in [9.17, 15) is 14.4 Å². The Kier molecular flexibility index (Phi) is 4.04. The average molecular weight is 380 g/mol. The van der Waals surface area contributed by atoms with Crippen molar-refractivity contribution in [2.75, 3.05) is 0 Å². The van der Waals surface area contributed by atoms with E-state index in [2.05, 4.69) is 9.97 Å². The van der Waals surface area contributed by atoms with Gasteiger partial charge < -0.3 is 15.2 Å². The first-order valence-corrected chi connectivity index (χ1v) is 8.39. The van der Waals surface area contributed by atoms with Gasteiger partial charge in [0.2, 0.25) is 0 Å². The van der Waals surface area contributed by atoms with Crippen LogP contribution in [0.3, 0.4) is 0 Å². The summed E-state index contributed by atoms with van der Waals surface area (Å²) < 4.78 is 4.02. The molecule has 0 fully saturated rings. The first kappa shape index (κ1) is 17.6. The molecule has 1 atom stereocenters. The highest BCUT2D eigenvalue weighted by molar-refractivity contribution is 5.77. The van der Waals surface area contributed by atoms with Gasteiger partial charge in [-0.25, -0.2) is 14.3 Å². The van der Waals surface area contributed by atoms with E-state index in [1.807, 2.05) is 0 Å². The fourth-order valence-electron chi connectivity index (χ4n) is 3.22. The predicted octanol–water partition coefficient (Wildman–Crippen LogP) is -0.313. The van der Waals surface area contributed by atoms with Crippen LogP contribution in [0.15, 0.2) is 52.6 Å². The fraction of sp³-hybridized carbons (Fsp3) is 0.167. The van der Waals surface area contributed by atoms with Gasteiger partial charge in [0.25, 0.3) is 5.56 Å². The van der Waals surface area contributed by atoms with Crippen LogP contribution in [0.25, 0.3) is 22.2 Å². The lowest BCUT2D eigenvalue weighted by atomic mass is 10.1. The summed E-state index contributed by atoms with van der Waals surface area (Å²) >= 11 is 0. The van der Waals surface area contributed by atoms with Crippen molar-refractivity contribution < 1.29 is 9.90 Å². The second-order valence-electron chi connectivity index (χ2n) is 6.35. The highest BCUT2D eigenvalue weighted by Crippen LogP contribution is 2.17. The first-order chi connectivity index (χ1) is 13.4. The van der Waals surface area contributed by atoms with Crippen LogP contribution < -0.4 is 17.0 Å². The molecule has 10 heteroatoms. The third-order valence-corrected chi connectivity index (χ3v) is 4.67. The van der Waals surface area contributed by atoms with Gasteiger partial charge in [0, 0.05) is 37.8 Å². The molecule has 0 aliphatic heterocycles. The zero-order valence-electron chi connectivity index (χ0n) is 14.8. The van der Waals surface area contributed by atoms with Crippen LogP contribution in [0.4, 0.5) is 0 Å². The normalized spacial score (nSPS) is 12.5. The van der Waals surface area contributed by atoms with Crippen molar-refractivity contribution >= 4 is 22.5 Å². The number of imidazole rings is 1. The Hall–Kier alpha value is -3.79. The molecule has 0 bridgehead atoms. The van der Waals surface area contributed by atoms with Gasteiger partial charge in [-0.05, 0) is 18.2 Å². The van der Waals surface area contributed by atoms with Gasteiger partial charge >= 0.3 is 11.7 Å². The maximum Gasteiger partial charge on any atom is 0.336 e. The summed E-state index contributed by atoms with van der Waals surface area (Å²) in [6.45, 7) is 0. The van der Waals surface area contributed by atoms with Crippen LogP contribution in [-0.4, -0.2) is 40.6 Å². The minimum atomic E-state index is -1.12. The molecule has 4 aromatic rings. The maximum atomic E-state index is 13.0. The molecule has 28 heavy (non-hydrogen) atoms. The monoisotopic (exact) mass is 380 g/mol. The molecule has 0 saturated heterocycles. The lowest BCUT2D eigenvalue weighted by molar-refractivity contribution is -0.138. The molecule has 0 spiro atoms. The Morgan fingerprint density at radius 2 is 2.04 bits per heavy atom. The summed E-state index contributed by atoms with van der Waals surface area (Å²) in [6, 6.07) is 3.67. The minimum Gasteiger partial charge on any atom is -0.480 e. The lowest BCUT2D eigenvalue weighted by Gasteiger charge is -2.14. The first-order valence-electron chi connectivity index (χ1n) is 8.39. The Morgan fingerprint density at radius 3 is 2.79 bits per heavy atom. The Bertz CT molecular complexity index is 1350. The molecule has 4 heterocycles. The molecule has 4 aromatic heterocycles. The van der Waals surface area contributed by atoms with Gasteiger partial charge in [-0.15, -0.1) is 0 Å². The molecule has 1 unspecified atom stereocenters. The van der Waals surface area contributed by atoms with Crippen molar-refractivity contribution in [3.8, 4) is 5.69 Å². The van der Waals surface area contributed by atoms with Crippen molar-refractivity contribution in [1.82, 2.24) is 23.5 Å². The third-order valence-electron chi connectivity index (χ3n) is 4.67. The topological polar surface area (TPSA) is 138 Å². The molecule has 10 nitrogen and oxygen atoms in total. The molecule has 0 aliphatic rings. The van der Waals surface area contributed by atoms with Gasteiger partial charge in [-0.3, -0.25) is 19.1 Å². The van der Waals surface area contributed by atoms with Crippen molar-refractivity contribution in [2.45, 2.75) is 12.5 Å². The number of hydrogen-bond acceptors (Lipinski definition) is 6. The number of nitrogens with zero attached hydrogens (tertiary/aromatic N) is 5. The van der Waals surface area contributed by atoms with Gasteiger partial charge in [0.15, 0.2) is 5.65 Å².